The molecule has 1 fully saturated rings. The summed E-state index contributed by atoms with van der Waals surface area (Å²) < 4.78 is 18.5. The van der Waals surface area contributed by atoms with Gasteiger partial charge in [-0.2, -0.15) is 0 Å². The summed E-state index contributed by atoms with van der Waals surface area (Å²) in [7, 11) is 0. The van der Waals surface area contributed by atoms with Gasteiger partial charge in [0.15, 0.2) is 5.96 Å². The molecule has 0 aliphatic carbocycles. The number of nitrogens with two attached hydrogens (primary N) is 1. The van der Waals surface area contributed by atoms with Crippen molar-refractivity contribution < 1.29 is 9.13 Å². The number of piperazine rings is 1. The van der Waals surface area contributed by atoms with Crippen LogP contribution in [0.3, 0.4) is 0 Å². The van der Waals surface area contributed by atoms with Crippen LogP contribution in [0.15, 0.2) is 41.6 Å². The van der Waals surface area contributed by atoms with Gasteiger partial charge < -0.3 is 20.3 Å². The van der Waals surface area contributed by atoms with Gasteiger partial charge in [-0.1, -0.05) is 0 Å². The Bertz CT molecular complexity index is 564. The number of guanidine groups is 1. The van der Waals surface area contributed by atoms with E-state index >= 15 is 0 Å². The average molecular weight is 318 g/mol. The van der Waals surface area contributed by atoms with E-state index < -0.39 is 0 Å². The summed E-state index contributed by atoms with van der Waals surface area (Å²) in [6.07, 6.45) is 5.95. The van der Waals surface area contributed by atoms with Gasteiger partial charge in [-0.05, 0) is 43.2 Å². The minimum atomic E-state index is -0.205. The second-order valence-electron chi connectivity index (χ2n) is 5.86. The third-order valence-corrected chi connectivity index (χ3v) is 4.27. The van der Waals surface area contributed by atoms with Crippen molar-refractivity contribution >= 4 is 11.6 Å². The Hall–Kier alpha value is -2.24. The van der Waals surface area contributed by atoms with Crippen LogP contribution in [0.5, 0.6) is 0 Å². The van der Waals surface area contributed by atoms with Crippen LogP contribution in [0, 0.1) is 5.82 Å². The first-order chi connectivity index (χ1) is 11.2. The van der Waals surface area contributed by atoms with E-state index in [0.717, 1.165) is 44.7 Å². The lowest BCUT2D eigenvalue weighted by Crippen LogP contribution is -2.51. The van der Waals surface area contributed by atoms with Gasteiger partial charge in [-0.25, -0.2) is 9.38 Å². The summed E-state index contributed by atoms with van der Waals surface area (Å²) >= 11 is 0. The van der Waals surface area contributed by atoms with E-state index in [4.69, 9.17) is 10.5 Å². The molecule has 0 amide bonds. The molecule has 2 aliphatic rings. The van der Waals surface area contributed by atoms with Crippen molar-refractivity contribution in [3.05, 3.63) is 42.4 Å². The zero-order chi connectivity index (χ0) is 16.1. The quantitative estimate of drug-likeness (QED) is 0.684. The number of anilines is 1. The zero-order valence-corrected chi connectivity index (χ0v) is 13.2. The zero-order valence-electron chi connectivity index (χ0n) is 13.2. The highest BCUT2D eigenvalue weighted by molar-refractivity contribution is 5.78. The van der Waals surface area contributed by atoms with Crippen LogP contribution >= 0.6 is 0 Å². The highest BCUT2D eigenvalue weighted by Crippen LogP contribution is 2.17. The molecule has 1 atom stereocenters. The second-order valence-corrected chi connectivity index (χ2v) is 5.86. The minimum Gasteiger partial charge on any atom is -0.496 e. The summed E-state index contributed by atoms with van der Waals surface area (Å²) in [5, 5.41) is 0. The predicted octanol–water partition coefficient (Wildman–Crippen LogP) is 1.96. The van der Waals surface area contributed by atoms with Crippen LogP contribution in [0.4, 0.5) is 10.1 Å². The summed E-state index contributed by atoms with van der Waals surface area (Å²) in [5.74, 6) is 0.380. The SMILES string of the molecule is NC(=NCC1CCC=CO1)N1CCN(c2ccc(F)cc2)CC1. The van der Waals surface area contributed by atoms with E-state index in [9.17, 15) is 4.39 Å². The van der Waals surface area contributed by atoms with Gasteiger partial charge in [0.25, 0.3) is 0 Å². The normalized spacial score (nSPS) is 22.1. The fourth-order valence-corrected chi connectivity index (χ4v) is 2.86. The number of allylic oxidation sites excluding steroid dienone is 1. The third kappa shape index (κ3) is 4.15. The smallest absolute Gasteiger partial charge is 0.191 e. The highest BCUT2D eigenvalue weighted by Gasteiger charge is 2.19. The van der Waals surface area contributed by atoms with Gasteiger partial charge in [0, 0.05) is 31.9 Å². The topological polar surface area (TPSA) is 54.1 Å². The van der Waals surface area contributed by atoms with Crippen molar-refractivity contribution in [2.45, 2.75) is 18.9 Å². The van der Waals surface area contributed by atoms with E-state index in [-0.39, 0.29) is 11.9 Å². The molecule has 0 radical (unpaired) electrons. The molecule has 0 saturated carbocycles. The van der Waals surface area contributed by atoms with Crippen LogP contribution in [0.1, 0.15) is 12.8 Å². The Labute approximate surface area is 136 Å². The molecular weight excluding hydrogens is 295 g/mol. The lowest BCUT2D eigenvalue weighted by Gasteiger charge is -2.36. The maximum atomic E-state index is 13.0. The Morgan fingerprint density at radius 1 is 1.22 bits per heavy atom. The molecule has 3 rings (SSSR count). The molecule has 0 bridgehead atoms. The number of halogens is 1. The molecule has 5 nitrogen and oxygen atoms in total. The van der Waals surface area contributed by atoms with E-state index in [0.29, 0.717) is 12.5 Å². The van der Waals surface area contributed by atoms with Crippen molar-refractivity contribution in [1.29, 1.82) is 0 Å². The second kappa shape index (κ2) is 7.35. The van der Waals surface area contributed by atoms with E-state index in [1.165, 1.54) is 12.1 Å². The molecule has 1 unspecified atom stereocenters. The van der Waals surface area contributed by atoms with Gasteiger partial charge >= 0.3 is 0 Å². The molecule has 6 heteroatoms. The van der Waals surface area contributed by atoms with Crippen LogP contribution in [-0.4, -0.2) is 49.7 Å². The van der Waals surface area contributed by atoms with Crippen LogP contribution in [-0.2, 0) is 4.74 Å². The first-order valence-electron chi connectivity index (χ1n) is 8.08. The maximum absolute atomic E-state index is 13.0. The van der Waals surface area contributed by atoms with E-state index in [2.05, 4.69) is 14.8 Å². The monoisotopic (exact) mass is 318 g/mol. The number of ether oxygens (including phenoxy) is 1. The van der Waals surface area contributed by atoms with E-state index in [1.807, 2.05) is 18.2 Å². The first-order valence-corrected chi connectivity index (χ1v) is 8.08. The summed E-state index contributed by atoms with van der Waals surface area (Å²) in [5.41, 5.74) is 7.15. The number of nitrogens with zero attached hydrogens (tertiary/aromatic N) is 3. The van der Waals surface area contributed by atoms with Gasteiger partial charge in [-0.3, -0.25) is 0 Å². The van der Waals surface area contributed by atoms with Crippen molar-refractivity contribution in [2.24, 2.45) is 10.7 Å². The predicted molar refractivity (Wildman–Crippen MR) is 89.9 cm³/mol. The largest absolute Gasteiger partial charge is 0.496 e. The fourth-order valence-electron chi connectivity index (χ4n) is 2.86. The number of benzene rings is 1. The average Bonchev–Trinajstić information content (AvgIpc) is 2.61. The highest BCUT2D eigenvalue weighted by atomic mass is 19.1. The molecule has 2 heterocycles. The summed E-state index contributed by atoms with van der Waals surface area (Å²) in [6.45, 7) is 3.94. The lowest BCUT2D eigenvalue weighted by atomic mass is 10.2. The minimum absolute atomic E-state index is 0.138. The van der Waals surface area contributed by atoms with Gasteiger partial charge in [0.2, 0.25) is 0 Å². The lowest BCUT2D eigenvalue weighted by molar-refractivity contribution is 0.131. The Balaban J connectivity index is 1.49. The first kappa shape index (κ1) is 15.6. The Kier molecular flexibility index (Phi) is 5.00. The molecule has 1 saturated heterocycles. The molecule has 0 spiro atoms. The van der Waals surface area contributed by atoms with Gasteiger partial charge in [0.1, 0.15) is 11.9 Å². The van der Waals surface area contributed by atoms with Crippen molar-refractivity contribution in [2.75, 3.05) is 37.6 Å². The molecule has 2 N–H and O–H groups in total. The molecule has 124 valence electrons. The van der Waals surface area contributed by atoms with Crippen LogP contribution < -0.4 is 10.6 Å². The fraction of sp³-hybridized carbons (Fsp3) is 0.471. The van der Waals surface area contributed by atoms with Crippen molar-refractivity contribution in [3.63, 3.8) is 0 Å². The number of aliphatic imine (C=N–C) groups is 1. The molecule has 1 aromatic rings. The van der Waals surface area contributed by atoms with Gasteiger partial charge in [-0.15, -0.1) is 0 Å². The van der Waals surface area contributed by atoms with Gasteiger partial charge in [0.05, 0.1) is 12.8 Å². The number of rotatable bonds is 3. The Morgan fingerprint density at radius 2 is 1.96 bits per heavy atom. The number of hydrogen-bond donors (Lipinski definition) is 1. The molecular formula is C17H23FN4O. The standard InChI is InChI=1S/C17H23FN4O/c18-14-4-6-15(7-5-14)21-8-10-22(11-9-21)17(19)20-13-16-3-1-2-12-23-16/h2,4-7,12,16H,1,3,8-11,13H2,(H2,19,20). The van der Waals surface area contributed by atoms with Crippen LogP contribution in [0.2, 0.25) is 0 Å². The molecule has 0 aromatic heterocycles. The summed E-state index contributed by atoms with van der Waals surface area (Å²) in [4.78, 5) is 8.80. The Morgan fingerprint density at radius 3 is 2.61 bits per heavy atom. The van der Waals surface area contributed by atoms with Crippen molar-refractivity contribution in [3.8, 4) is 0 Å². The third-order valence-electron chi connectivity index (χ3n) is 4.27. The van der Waals surface area contributed by atoms with Crippen molar-refractivity contribution in [1.82, 2.24) is 4.90 Å². The van der Waals surface area contributed by atoms with E-state index in [1.54, 1.807) is 6.26 Å². The van der Waals surface area contributed by atoms with Crippen LogP contribution in [0.25, 0.3) is 0 Å². The maximum Gasteiger partial charge on any atom is 0.191 e. The number of hydrogen-bond acceptors (Lipinski definition) is 3. The summed E-state index contributed by atoms with van der Waals surface area (Å²) in [6, 6.07) is 6.62. The molecule has 2 aliphatic heterocycles. The molecule has 23 heavy (non-hydrogen) atoms. The molecule has 1 aromatic carbocycles.